The molecule has 2 saturated carbocycles. The number of likely N-dealkylation sites (tertiary alicyclic amines) is 1. The molecule has 4 nitrogen and oxygen atoms in total. The van der Waals surface area contributed by atoms with E-state index in [4.69, 9.17) is 4.98 Å². The van der Waals surface area contributed by atoms with E-state index in [0.29, 0.717) is 29.0 Å². The number of nitrogens with zero attached hydrogens (tertiary/aromatic N) is 3. The zero-order valence-electron chi connectivity index (χ0n) is 18.2. The van der Waals surface area contributed by atoms with Crippen LogP contribution in [0.4, 0.5) is 0 Å². The number of carbonyl (C=O) groups excluding carboxylic acids is 1. The highest BCUT2D eigenvalue weighted by molar-refractivity contribution is 5.83. The van der Waals surface area contributed by atoms with Gasteiger partial charge >= 0.3 is 0 Å². The molecule has 2 aliphatic carbocycles. The lowest BCUT2D eigenvalue weighted by Gasteiger charge is -2.52. The molecular formula is C24H37N3O. The van der Waals surface area contributed by atoms with Crippen molar-refractivity contribution < 1.29 is 4.79 Å². The molecule has 0 bridgehead atoms. The number of rotatable bonds is 5. The summed E-state index contributed by atoms with van der Waals surface area (Å²) in [5.41, 5.74) is 1.74. The summed E-state index contributed by atoms with van der Waals surface area (Å²) in [5.74, 6) is 3.02. The molecule has 3 aliphatic rings. The molecule has 1 aliphatic heterocycles. The van der Waals surface area contributed by atoms with E-state index >= 15 is 0 Å². The summed E-state index contributed by atoms with van der Waals surface area (Å²) >= 11 is 0. The van der Waals surface area contributed by atoms with Gasteiger partial charge in [-0.25, -0.2) is 9.97 Å². The summed E-state index contributed by atoms with van der Waals surface area (Å²) in [7, 11) is 0. The van der Waals surface area contributed by atoms with Crippen LogP contribution in [0.3, 0.4) is 0 Å². The Morgan fingerprint density at radius 1 is 1.11 bits per heavy atom. The third-order valence-electron chi connectivity index (χ3n) is 7.69. The van der Waals surface area contributed by atoms with Gasteiger partial charge in [-0.3, -0.25) is 4.79 Å². The predicted octanol–water partition coefficient (Wildman–Crippen LogP) is 4.95. The highest BCUT2D eigenvalue weighted by Crippen LogP contribution is 2.57. The molecule has 1 saturated heterocycles. The van der Waals surface area contributed by atoms with E-state index in [1.54, 1.807) is 0 Å². The van der Waals surface area contributed by atoms with Gasteiger partial charge in [0.15, 0.2) is 0 Å². The predicted molar refractivity (Wildman–Crippen MR) is 112 cm³/mol. The first-order valence-corrected chi connectivity index (χ1v) is 11.5. The standard InChI is InChI=1S/C24H37N3O/c1-16(2)22(28)19-5-9-24(13-19)14-20(15-24)27-11-7-18(8-12-27)21-6-10-25-23(26-21)17(3)4/h6,10,16-20H,5,7-9,11-15H2,1-4H3/t19-,20?,24?/m0/s1. The van der Waals surface area contributed by atoms with Crippen molar-refractivity contribution in [1.29, 1.82) is 0 Å². The molecule has 1 atom stereocenters. The van der Waals surface area contributed by atoms with Crippen molar-refractivity contribution in [2.24, 2.45) is 17.3 Å². The molecule has 4 heteroatoms. The van der Waals surface area contributed by atoms with Crippen molar-refractivity contribution in [2.75, 3.05) is 13.1 Å². The van der Waals surface area contributed by atoms with Gasteiger partial charge in [-0.2, -0.15) is 0 Å². The maximum Gasteiger partial charge on any atom is 0.138 e. The SMILES string of the molecule is CC(C)C(=O)[C@H]1CCC2(CC(N3CCC(c4ccnc(C(C)C)n4)CC3)C2)C1. The van der Waals surface area contributed by atoms with Crippen molar-refractivity contribution in [2.45, 2.75) is 90.5 Å². The number of ketones is 1. The van der Waals surface area contributed by atoms with Crippen LogP contribution < -0.4 is 0 Å². The van der Waals surface area contributed by atoms with Crippen LogP contribution in [-0.4, -0.2) is 39.8 Å². The molecule has 0 N–H and O–H groups in total. The Kier molecular flexibility index (Phi) is 5.61. The number of aromatic nitrogens is 2. The van der Waals surface area contributed by atoms with Crippen LogP contribution in [0.25, 0.3) is 0 Å². The van der Waals surface area contributed by atoms with Crippen LogP contribution in [0, 0.1) is 17.3 Å². The van der Waals surface area contributed by atoms with Gasteiger partial charge in [0.25, 0.3) is 0 Å². The smallest absolute Gasteiger partial charge is 0.138 e. The maximum atomic E-state index is 12.4. The minimum Gasteiger partial charge on any atom is -0.300 e. The second kappa shape index (κ2) is 7.85. The van der Waals surface area contributed by atoms with Gasteiger partial charge in [0.05, 0.1) is 0 Å². The summed E-state index contributed by atoms with van der Waals surface area (Å²) in [6.45, 7) is 10.8. The molecule has 4 rings (SSSR count). The summed E-state index contributed by atoms with van der Waals surface area (Å²) in [6.07, 6.45) is 10.6. The Bertz CT molecular complexity index is 700. The molecule has 1 spiro atoms. The van der Waals surface area contributed by atoms with Gasteiger partial charge < -0.3 is 4.90 Å². The van der Waals surface area contributed by atoms with E-state index in [9.17, 15) is 4.79 Å². The molecule has 0 aromatic carbocycles. The van der Waals surface area contributed by atoms with Crippen LogP contribution >= 0.6 is 0 Å². The normalized spacial score (nSPS) is 31.6. The van der Waals surface area contributed by atoms with Gasteiger partial charge in [-0.05, 0) is 69.5 Å². The topological polar surface area (TPSA) is 46.1 Å². The quantitative estimate of drug-likeness (QED) is 0.721. The Morgan fingerprint density at radius 3 is 2.46 bits per heavy atom. The lowest BCUT2D eigenvalue weighted by atomic mass is 9.63. The van der Waals surface area contributed by atoms with Gasteiger partial charge in [0.2, 0.25) is 0 Å². The molecule has 1 aromatic rings. The van der Waals surface area contributed by atoms with Crippen LogP contribution in [0.1, 0.15) is 96.0 Å². The summed E-state index contributed by atoms with van der Waals surface area (Å²) in [4.78, 5) is 24.4. The van der Waals surface area contributed by atoms with E-state index in [-0.39, 0.29) is 5.92 Å². The molecule has 1 aromatic heterocycles. The van der Waals surface area contributed by atoms with Crippen molar-refractivity contribution in [1.82, 2.24) is 14.9 Å². The third-order valence-corrected chi connectivity index (χ3v) is 7.69. The number of Topliss-reactive ketones (excluding diaryl/α,β-unsaturated/α-hetero) is 1. The zero-order chi connectivity index (χ0) is 19.9. The molecule has 154 valence electrons. The van der Waals surface area contributed by atoms with E-state index in [2.05, 4.69) is 43.6 Å². The first-order chi connectivity index (χ1) is 13.4. The number of piperidine rings is 1. The maximum absolute atomic E-state index is 12.4. The van der Waals surface area contributed by atoms with Crippen LogP contribution in [0.5, 0.6) is 0 Å². The number of carbonyl (C=O) groups is 1. The molecule has 0 unspecified atom stereocenters. The van der Waals surface area contributed by atoms with Crippen molar-refractivity contribution in [3.8, 4) is 0 Å². The second-order valence-corrected chi connectivity index (χ2v) is 10.4. The Labute approximate surface area is 170 Å². The molecule has 0 radical (unpaired) electrons. The Hall–Kier alpha value is -1.29. The molecule has 28 heavy (non-hydrogen) atoms. The van der Waals surface area contributed by atoms with Crippen LogP contribution in [-0.2, 0) is 4.79 Å². The zero-order valence-corrected chi connectivity index (χ0v) is 18.2. The van der Waals surface area contributed by atoms with E-state index < -0.39 is 0 Å². The van der Waals surface area contributed by atoms with Gasteiger partial charge in [0, 0.05) is 41.6 Å². The number of hydrogen-bond acceptors (Lipinski definition) is 4. The van der Waals surface area contributed by atoms with Crippen LogP contribution in [0.2, 0.25) is 0 Å². The minimum absolute atomic E-state index is 0.202. The van der Waals surface area contributed by atoms with Crippen LogP contribution in [0.15, 0.2) is 12.3 Å². The van der Waals surface area contributed by atoms with Gasteiger partial charge in [-0.1, -0.05) is 27.7 Å². The average molecular weight is 384 g/mol. The monoisotopic (exact) mass is 383 g/mol. The van der Waals surface area contributed by atoms with E-state index in [1.807, 2.05) is 6.20 Å². The summed E-state index contributed by atoms with van der Waals surface area (Å²) in [5, 5.41) is 0. The van der Waals surface area contributed by atoms with Crippen molar-refractivity contribution in [3.63, 3.8) is 0 Å². The minimum atomic E-state index is 0.202. The van der Waals surface area contributed by atoms with Gasteiger partial charge in [0.1, 0.15) is 11.6 Å². The lowest BCUT2D eigenvalue weighted by Crippen LogP contribution is -2.52. The Balaban J connectivity index is 1.27. The fourth-order valence-electron chi connectivity index (χ4n) is 5.94. The van der Waals surface area contributed by atoms with Gasteiger partial charge in [-0.15, -0.1) is 0 Å². The lowest BCUT2D eigenvalue weighted by molar-refractivity contribution is -0.126. The first-order valence-electron chi connectivity index (χ1n) is 11.5. The summed E-state index contributed by atoms with van der Waals surface area (Å²) in [6, 6.07) is 2.88. The van der Waals surface area contributed by atoms with Crippen molar-refractivity contribution in [3.05, 3.63) is 23.8 Å². The largest absolute Gasteiger partial charge is 0.300 e. The molecule has 2 heterocycles. The first kappa shape index (κ1) is 20.0. The molecule has 0 amide bonds. The summed E-state index contributed by atoms with van der Waals surface area (Å²) < 4.78 is 0. The van der Waals surface area contributed by atoms with E-state index in [0.717, 1.165) is 24.7 Å². The second-order valence-electron chi connectivity index (χ2n) is 10.4. The third kappa shape index (κ3) is 3.90. The van der Waals surface area contributed by atoms with Crippen molar-refractivity contribution >= 4 is 5.78 Å². The molecular weight excluding hydrogens is 346 g/mol. The molecule has 3 fully saturated rings. The highest BCUT2D eigenvalue weighted by Gasteiger charge is 2.51. The number of hydrogen-bond donors (Lipinski definition) is 0. The fourth-order valence-corrected chi connectivity index (χ4v) is 5.94. The highest BCUT2D eigenvalue weighted by atomic mass is 16.1. The van der Waals surface area contributed by atoms with E-state index in [1.165, 1.54) is 50.9 Å². The fraction of sp³-hybridized carbons (Fsp3) is 0.792. The Morgan fingerprint density at radius 2 is 1.82 bits per heavy atom. The average Bonchev–Trinajstić information content (AvgIpc) is 3.12.